The first-order valence-corrected chi connectivity index (χ1v) is 8.89. The Morgan fingerprint density at radius 3 is 2.67 bits per heavy atom. The van der Waals surface area contributed by atoms with Crippen LogP contribution in [0.25, 0.3) is 0 Å². The molecule has 0 saturated heterocycles. The lowest BCUT2D eigenvalue weighted by molar-refractivity contribution is -0.117. The second kappa shape index (κ2) is 7.34. The van der Waals surface area contributed by atoms with Crippen molar-refractivity contribution in [3.8, 4) is 0 Å². The number of hydrogen-bond acceptors (Lipinski definition) is 3. The molecule has 1 aromatic rings. The van der Waals surface area contributed by atoms with Gasteiger partial charge in [0.15, 0.2) is 0 Å². The molecule has 2 N–H and O–H groups in total. The first-order chi connectivity index (χ1) is 11.5. The molecular formula is C19H26N2O3. The minimum atomic E-state index is -0.307. The quantitative estimate of drug-likeness (QED) is 0.872. The summed E-state index contributed by atoms with van der Waals surface area (Å²) in [6.07, 6.45) is 5.59. The molecule has 0 bridgehead atoms. The molecule has 0 spiro atoms. The van der Waals surface area contributed by atoms with Gasteiger partial charge in [-0.2, -0.15) is 0 Å². The second-order valence-corrected chi connectivity index (χ2v) is 7.14. The van der Waals surface area contributed by atoms with E-state index < -0.39 is 0 Å². The van der Waals surface area contributed by atoms with Crippen LogP contribution in [0.5, 0.6) is 0 Å². The largest absolute Gasteiger partial charge is 0.393 e. The lowest BCUT2D eigenvalue weighted by atomic mass is 9.86. The van der Waals surface area contributed by atoms with Crippen LogP contribution in [0.15, 0.2) is 24.3 Å². The van der Waals surface area contributed by atoms with Gasteiger partial charge in [-0.05, 0) is 43.9 Å². The monoisotopic (exact) mass is 330 g/mol. The van der Waals surface area contributed by atoms with Gasteiger partial charge in [-0.15, -0.1) is 0 Å². The number of nitrogens with zero attached hydrogens (tertiary/aromatic N) is 1. The summed E-state index contributed by atoms with van der Waals surface area (Å²) in [5.41, 5.74) is 1.24. The molecule has 2 amide bonds. The smallest absolute Gasteiger partial charge is 0.253 e. The van der Waals surface area contributed by atoms with Gasteiger partial charge in [0.2, 0.25) is 5.91 Å². The van der Waals surface area contributed by atoms with Gasteiger partial charge >= 0.3 is 0 Å². The number of benzene rings is 1. The van der Waals surface area contributed by atoms with Crippen LogP contribution in [0.3, 0.4) is 0 Å². The zero-order valence-corrected chi connectivity index (χ0v) is 14.2. The Kier molecular flexibility index (Phi) is 5.19. The van der Waals surface area contributed by atoms with E-state index in [0.29, 0.717) is 17.8 Å². The van der Waals surface area contributed by atoms with Crippen molar-refractivity contribution in [1.29, 1.82) is 0 Å². The molecule has 3 rings (SSSR count). The molecule has 0 radical (unpaired) electrons. The highest BCUT2D eigenvalue weighted by molar-refractivity contribution is 5.98. The van der Waals surface area contributed by atoms with E-state index in [4.69, 9.17) is 0 Å². The molecule has 2 saturated carbocycles. The number of hydrogen-bond donors (Lipinski definition) is 2. The number of amides is 2. The molecule has 2 fully saturated rings. The van der Waals surface area contributed by atoms with Crippen LogP contribution in [-0.4, -0.2) is 41.5 Å². The van der Waals surface area contributed by atoms with Gasteiger partial charge < -0.3 is 15.3 Å². The first-order valence-electron chi connectivity index (χ1n) is 8.89. The minimum absolute atomic E-state index is 0.0401. The molecule has 0 heterocycles. The predicted octanol–water partition coefficient (Wildman–Crippen LogP) is 2.66. The maximum absolute atomic E-state index is 12.6. The van der Waals surface area contributed by atoms with Crippen LogP contribution >= 0.6 is 0 Å². The summed E-state index contributed by atoms with van der Waals surface area (Å²) in [6, 6.07) is 7.10. The Bertz CT molecular complexity index is 612. The number of nitrogens with one attached hydrogen (secondary N) is 1. The van der Waals surface area contributed by atoms with Crippen molar-refractivity contribution in [2.45, 2.75) is 44.6 Å². The van der Waals surface area contributed by atoms with E-state index in [1.807, 2.05) is 6.07 Å². The Hall–Kier alpha value is -1.88. The number of aliphatic hydroxyl groups is 1. The van der Waals surface area contributed by atoms with E-state index in [1.165, 1.54) is 0 Å². The van der Waals surface area contributed by atoms with E-state index in [-0.39, 0.29) is 29.8 Å². The third-order valence-electron chi connectivity index (χ3n) is 5.05. The summed E-state index contributed by atoms with van der Waals surface area (Å²) in [4.78, 5) is 26.2. The summed E-state index contributed by atoms with van der Waals surface area (Å²) in [6.45, 7) is 0.568. The number of rotatable bonds is 5. The van der Waals surface area contributed by atoms with Gasteiger partial charge in [0.25, 0.3) is 5.91 Å². The molecule has 0 aromatic heterocycles. The number of anilines is 1. The summed E-state index contributed by atoms with van der Waals surface area (Å²) >= 11 is 0. The van der Waals surface area contributed by atoms with Gasteiger partial charge in [-0.1, -0.05) is 18.9 Å². The fraction of sp³-hybridized carbons (Fsp3) is 0.579. The van der Waals surface area contributed by atoms with Crippen molar-refractivity contribution in [1.82, 2.24) is 4.90 Å². The molecule has 2 atom stereocenters. The van der Waals surface area contributed by atoms with Crippen molar-refractivity contribution in [2.24, 2.45) is 11.8 Å². The van der Waals surface area contributed by atoms with Crippen molar-refractivity contribution < 1.29 is 14.7 Å². The molecule has 1 aromatic carbocycles. The van der Waals surface area contributed by atoms with Crippen molar-refractivity contribution in [3.05, 3.63) is 29.8 Å². The van der Waals surface area contributed by atoms with E-state index in [2.05, 4.69) is 5.32 Å². The fourth-order valence-corrected chi connectivity index (χ4v) is 3.38. The average Bonchev–Trinajstić information content (AvgIpc) is 3.41. The topological polar surface area (TPSA) is 69.6 Å². The van der Waals surface area contributed by atoms with Gasteiger partial charge in [0.1, 0.15) is 0 Å². The molecule has 2 aliphatic rings. The minimum Gasteiger partial charge on any atom is -0.393 e. The van der Waals surface area contributed by atoms with Gasteiger partial charge in [-0.25, -0.2) is 0 Å². The standard InChI is InChI=1S/C19H26N2O3/c1-21(12-15-5-2-3-8-17(15)22)19(24)14-6-4-7-16(11-14)20-18(23)13-9-10-13/h4,6-7,11,13,15,17,22H,2-3,5,8-10,12H2,1H3,(H,20,23). The Balaban J connectivity index is 1.61. The molecule has 2 aliphatic carbocycles. The number of carbonyl (C=O) groups excluding carboxylic acids is 2. The van der Waals surface area contributed by atoms with E-state index in [9.17, 15) is 14.7 Å². The third-order valence-corrected chi connectivity index (χ3v) is 5.05. The molecule has 0 aliphatic heterocycles. The van der Waals surface area contributed by atoms with Crippen molar-refractivity contribution >= 4 is 17.5 Å². The maximum Gasteiger partial charge on any atom is 0.253 e. The maximum atomic E-state index is 12.6. The van der Waals surface area contributed by atoms with E-state index in [1.54, 1.807) is 30.1 Å². The van der Waals surface area contributed by atoms with Crippen LogP contribution in [0.4, 0.5) is 5.69 Å². The van der Waals surface area contributed by atoms with Gasteiger partial charge in [0, 0.05) is 36.7 Å². The van der Waals surface area contributed by atoms with Crippen LogP contribution in [0.2, 0.25) is 0 Å². The van der Waals surface area contributed by atoms with Gasteiger partial charge in [-0.3, -0.25) is 9.59 Å². The summed E-state index contributed by atoms with van der Waals surface area (Å²) < 4.78 is 0. The highest BCUT2D eigenvalue weighted by Crippen LogP contribution is 2.30. The highest BCUT2D eigenvalue weighted by atomic mass is 16.3. The van der Waals surface area contributed by atoms with E-state index >= 15 is 0 Å². The third kappa shape index (κ3) is 4.15. The number of carbonyl (C=O) groups is 2. The van der Waals surface area contributed by atoms with Gasteiger partial charge in [0.05, 0.1) is 6.10 Å². The summed E-state index contributed by atoms with van der Waals surface area (Å²) in [5.74, 6) is 0.263. The Labute approximate surface area is 143 Å². The lowest BCUT2D eigenvalue weighted by Crippen LogP contribution is -2.38. The molecule has 130 valence electrons. The van der Waals surface area contributed by atoms with Crippen LogP contribution in [0.1, 0.15) is 48.9 Å². The van der Waals surface area contributed by atoms with Crippen LogP contribution in [-0.2, 0) is 4.79 Å². The summed E-state index contributed by atoms with van der Waals surface area (Å²) in [7, 11) is 1.78. The van der Waals surface area contributed by atoms with Crippen LogP contribution < -0.4 is 5.32 Å². The Morgan fingerprint density at radius 1 is 1.21 bits per heavy atom. The molecule has 24 heavy (non-hydrogen) atoms. The first kappa shape index (κ1) is 17.0. The molecular weight excluding hydrogens is 304 g/mol. The lowest BCUT2D eigenvalue weighted by Gasteiger charge is -2.31. The second-order valence-electron chi connectivity index (χ2n) is 7.14. The number of aliphatic hydroxyl groups excluding tert-OH is 1. The van der Waals surface area contributed by atoms with Crippen molar-refractivity contribution in [2.75, 3.05) is 18.9 Å². The SMILES string of the molecule is CN(CC1CCCCC1O)C(=O)c1cccc(NC(=O)C2CC2)c1. The van der Waals surface area contributed by atoms with Crippen LogP contribution in [0, 0.1) is 11.8 Å². The molecule has 5 heteroatoms. The average molecular weight is 330 g/mol. The predicted molar refractivity (Wildman–Crippen MR) is 92.7 cm³/mol. The molecule has 2 unspecified atom stereocenters. The highest BCUT2D eigenvalue weighted by Gasteiger charge is 2.30. The Morgan fingerprint density at radius 2 is 1.96 bits per heavy atom. The molecule has 5 nitrogen and oxygen atoms in total. The summed E-state index contributed by atoms with van der Waals surface area (Å²) in [5, 5.41) is 13.0. The fourth-order valence-electron chi connectivity index (χ4n) is 3.38. The zero-order chi connectivity index (χ0) is 17.1. The zero-order valence-electron chi connectivity index (χ0n) is 14.2. The van der Waals surface area contributed by atoms with E-state index in [0.717, 1.165) is 38.5 Å². The normalized spacial score (nSPS) is 23.6. The van der Waals surface area contributed by atoms with Crippen molar-refractivity contribution in [3.63, 3.8) is 0 Å².